The highest BCUT2D eigenvalue weighted by molar-refractivity contribution is 6.04. The predicted octanol–water partition coefficient (Wildman–Crippen LogP) is 7.67. The number of benzene rings is 2. The van der Waals surface area contributed by atoms with Crippen molar-refractivity contribution in [1.82, 2.24) is 19.6 Å². The van der Waals surface area contributed by atoms with Gasteiger partial charge in [-0.2, -0.15) is 0 Å². The molecular weight excluding hydrogens is 709 g/mol. The number of carbonyl (C=O) groups is 2. The van der Waals surface area contributed by atoms with Gasteiger partial charge in [0.2, 0.25) is 0 Å². The van der Waals surface area contributed by atoms with E-state index in [1.54, 1.807) is 20.3 Å². The lowest BCUT2D eigenvalue weighted by atomic mass is 10.1. The minimum atomic E-state index is -0.0598. The first kappa shape index (κ1) is 40.1. The van der Waals surface area contributed by atoms with Crippen LogP contribution in [0, 0.1) is 0 Å². The molecule has 56 heavy (non-hydrogen) atoms. The molecule has 0 radical (unpaired) electrons. The van der Waals surface area contributed by atoms with Crippen LogP contribution in [0.1, 0.15) is 118 Å². The van der Waals surface area contributed by atoms with E-state index in [9.17, 15) is 9.59 Å². The Morgan fingerprint density at radius 2 is 1.23 bits per heavy atom. The standard InChI is InChI=1S/C44H62N6O6/c1-4-5-6-10-17-42(56-41-29-37-35(27-39(41)54-3)44(52)50-20-14-16-33(50)31-46-37)48-23-21-47(22-24-48)18-11-8-7-9-12-25-55-40-28-36-34(26-38(40)53-2)43(51)49-19-13-15-32(49)30-45-36/h26-33,42H,4-25H2,1-3H3/t32-,33-,42?/m0/s1. The molecule has 12 nitrogen and oxygen atoms in total. The summed E-state index contributed by atoms with van der Waals surface area (Å²) in [4.78, 5) is 44.9. The summed E-state index contributed by atoms with van der Waals surface area (Å²) in [5, 5.41) is 0. The summed E-state index contributed by atoms with van der Waals surface area (Å²) in [6, 6.07) is 7.55. The zero-order valence-corrected chi connectivity index (χ0v) is 33.9. The molecule has 2 aromatic rings. The quantitative estimate of drug-likeness (QED) is 0.134. The van der Waals surface area contributed by atoms with E-state index < -0.39 is 0 Å². The van der Waals surface area contributed by atoms with Gasteiger partial charge in [0.15, 0.2) is 29.2 Å². The summed E-state index contributed by atoms with van der Waals surface area (Å²) < 4.78 is 24.4. The summed E-state index contributed by atoms with van der Waals surface area (Å²) in [5.74, 6) is 2.54. The molecular formula is C44H62N6O6. The van der Waals surface area contributed by atoms with Crippen molar-refractivity contribution >= 4 is 35.6 Å². The van der Waals surface area contributed by atoms with Crippen LogP contribution in [-0.4, -0.2) is 129 Å². The zero-order valence-electron chi connectivity index (χ0n) is 33.9. The molecule has 12 heteroatoms. The number of amides is 2. The molecule has 3 fully saturated rings. The van der Waals surface area contributed by atoms with E-state index in [0.717, 1.165) is 97.2 Å². The number of unbranched alkanes of at least 4 members (excludes halogenated alkanes) is 7. The minimum Gasteiger partial charge on any atom is -0.493 e. The van der Waals surface area contributed by atoms with Crippen molar-refractivity contribution in [3.8, 4) is 23.0 Å². The van der Waals surface area contributed by atoms with Gasteiger partial charge >= 0.3 is 0 Å². The van der Waals surface area contributed by atoms with Crippen LogP contribution in [0.25, 0.3) is 0 Å². The number of ether oxygens (including phenoxy) is 4. The first-order chi connectivity index (χ1) is 27.5. The normalized spacial score (nSPS) is 21.3. The molecule has 3 atom stereocenters. The molecule has 0 N–H and O–H groups in total. The highest BCUT2D eigenvalue weighted by atomic mass is 16.5. The lowest BCUT2D eigenvalue weighted by Crippen LogP contribution is -2.52. The molecule has 5 aliphatic heterocycles. The number of fused-ring (bicyclic) bond motifs is 4. The van der Waals surface area contributed by atoms with E-state index in [2.05, 4.69) is 21.7 Å². The Bertz CT molecular complexity index is 1720. The average Bonchev–Trinajstić information content (AvgIpc) is 3.86. The van der Waals surface area contributed by atoms with Crippen molar-refractivity contribution in [3.05, 3.63) is 35.4 Å². The topological polar surface area (TPSA) is 109 Å². The first-order valence-electron chi connectivity index (χ1n) is 21.4. The largest absolute Gasteiger partial charge is 0.493 e. The number of rotatable bonds is 19. The van der Waals surface area contributed by atoms with E-state index in [1.165, 1.54) is 38.5 Å². The molecule has 5 aliphatic rings. The lowest BCUT2D eigenvalue weighted by Gasteiger charge is -2.39. The number of hydrogen-bond acceptors (Lipinski definition) is 10. The van der Waals surface area contributed by atoms with Gasteiger partial charge in [0.25, 0.3) is 11.8 Å². The summed E-state index contributed by atoms with van der Waals surface area (Å²) >= 11 is 0. The molecule has 5 heterocycles. The Balaban J connectivity index is 0.848. The fourth-order valence-corrected chi connectivity index (χ4v) is 8.85. The van der Waals surface area contributed by atoms with Gasteiger partial charge in [0.05, 0.1) is 55.4 Å². The first-order valence-corrected chi connectivity index (χ1v) is 21.4. The van der Waals surface area contributed by atoms with Crippen LogP contribution >= 0.6 is 0 Å². The Morgan fingerprint density at radius 1 is 0.661 bits per heavy atom. The van der Waals surface area contributed by atoms with Gasteiger partial charge in [0, 0.05) is 63.8 Å². The van der Waals surface area contributed by atoms with Crippen molar-refractivity contribution in [1.29, 1.82) is 0 Å². The Hall–Kier alpha value is -4.16. The second-order valence-corrected chi connectivity index (χ2v) is 15.9. The molecule has 304 valence electrons. The number of carbonyl (C=O) groups excluding carboxylic acids is 2. The van der Waals surface area contributed by atoms with E-state index in [4.69, 9.17) is 23.9 Å². The summed E-state index contributed by atoms with van der Waals surface area (Å²) in [6.07, 6.45) is 19.0. The Kier molecular flexibility index (Phi) is 13.8. The van der Waals surface area contributed by atoms with Crippen molar-refractivity contribution in [3.63, 3.8) is 0 Å². The van der Waals surface area contributed by atoms with Crippen LogP contribution in [0.5, 0.6) is 23.0 Å². The van der Waals surface area contributed by atoms with Crippen LogP contribution < -0.4 is 18.9 Å². The molecule has 7 rings (SSSR count). The van der Waals surface area contributed by atoms with Gasteiger partial charge in [-0.15, -0.1) is 0 Å². The van der Waals surface area contributed by atoms with Crippen LogP contribution in [-0.2, 0) is 0 Å². The summed E-state index contributed by atoms with van der Waals surface area (Å²) in [7, 11) is 3.27. The van der Waals surface area contributed by atoms with Crippen LogP contribution in [0.4, 0.5) is 11.4 Å². The average molecular weight is 771 g/mol. The molecule has 2 amide bonds. The van der Waals surface area contributed by atoms with E-state index in [-0.39, 0.29) is 30.1 Å². The molecule has 0 bridgehead atoms. The molecule has 0 saturated carbocycles. The lowest BCUT2D eigenvalue weighted by molar-refractivity contribution is -0.0154. The maximum absolute atomic E-state index is 13.4. The summed E-state index contributed by atoms with van der Waals surface area (Å²) in [5.41, 5.74) is 2.51. The number of hydrogen-bond donors (Lipinski definition) is 0. The maximum atomic E-state index is 13.4. The predicted molar refractivity (Wildman–Crippen MR) is 220 cm³/mol. The maximum Gasteiger partial charge on any atom is 0.256 e. The van der Waals surface area contributed by atoms with Crippen molar-refractivity contribution in [2.24, 2.45) is 9.98 Å². The van der Waals surface area contributed by atoms with Gasteiger partial charge in [-0.05, 0) is 70.0 Å². The third-order valence-corrected chi connectivity index (χ3v) is 12.2. The van der Waals surface area contributed by atoms with E-state index >= 15 is 0 Å². The van der Waals surface area contributed by atoms with Crippen molar-refractivity contribution < 1.29 is 28.5 Å². The number of piperazine rings is 1. The van der Waals surface area contributed by atoms with Crippen LogP contribution in [0.15, 0.2) is 34.3 Å². The molecule has 0 aromatic heterocycles. The smallest absolute Gasteiger partial charge is 0.256 e. The van der Waals surface area contributed by atoms with Crippen LogP contribution in [0.3, 0.4) is 0 Å². The zero-order chi connectivity index (χ0) is 38.9. The van der Waals surface area contributed by atoms with Gasteiger partial charge in [-0.3, -0.25) is 24.5 Å². The van der Waals surface area contributed by atoms with E-state index in [0.29, 0.717) is 52.1 Å². The van der Waals surface area contributed by atoms with Gasteiger partial charge in [-0.1, -0.05) is 45.4 Å². The van der Waals surface area contributed by atoms with E-state index in [1.807, 2.05) is 40.4 Å². The fraction of sp³-hybridized carbons (Fsp3) is 0.636. The monoisotopic (exact) mass is 770 g/mol. The summed E-state index contributed by atoms with van der Waals surface area (Å²) in [6.45, 7) is 9.47. The Morgan fingerprint density at radius 3 is 1.86 bits per heavy atom. The molecule has 0 aliphatic carbocycles. The molecule has 3 saturated heterocycles. The highest BCUT2D eigenvalue weighted by Gasteiger charge is 2.34. The Labute approximate surface area is 333 Å². The third kappa shape index (κ3) is 9.34. The number of aliphatic imine (C=N–C) groups is 2. The van der Waals surface area contributed by atoms with Crippen molar-refractivity contribution in [2.45, 2.75) is 115 Å². The van der Waals surface area contributed by atoms with Gasteiger partial charge < -0.3 is 33.6 Å². The fourth-order valence-electron chi connectivity index (χ4n) is 8.85. The van der Waals surface area contributed by atoms with Gasteiger partial charge in [-0.25, -0.2) is 0 Å². The highest BCUT2D eigenvalue weighted by Crippen LogP contribution is 2.40. The second kappa shape index (κ2) is 19.3. The second-order valence-electron chi connectivity index (χ2n) is 15.9. The number of nitrogens with zero attached hydrogens (tertiary/aromatic N) is 6. The number of methoxy groups -OCH3 is 2. The molecule has 1 unspecified atom stereocenters. The minimum absolute atomic E-state index is 0.0245. The molecule has 2 aromatic carbocycles. The SMILES string of the molecule is CCCCCCC(Oc1cc2c(cc1OC)C(=O)N1CCC[C@H]1C=N2)N1CCN(CCCCCCCOc2cc3c(cc2OC)C(=O)N2CCC[C@H]2C=N3)CC1. The van der Waals surface area contributed by atoms with Crippen molar-refractivity contribution in [2.75, 3.05) is 66.6 Å². The van der Waals surface area contributed by atoms with Gasteiger partial charge in [0.1, 0.15) is 0 Å². The van der Waals surface area contributed by atoms with Crippen LogP contribution in [0.2, 0.25) is 0 Å². The third-order valence-electron chi connectivity index (χ3n) is 12.2. The molecule has 0 spiro atoms.